The van der Waals surface area contributed by atoms with Gasteiger partial charge in [0.25, 0.3) is 0 Å². The minimum Gasteiger partial charge on any atom is -0.334 e. The van der Waals surface area contributed by atoms with E-state index < -0.39 is 9.84 Å². The Morgan fingerprint density at radius 2 is 1.88 bits per heavy atom. The lowest BCUT2D eigenvalue weighted by Crippen LogP contribution is -2.46. The van der Waals surface area contributed by atoms with Crippen LogP contribution >= 0.6 is 0 Å². The van der Waals surface area contributed by atoms with Crippen molar-refractivity contribution in [2.45, 2.75) is 56.5 Å². The van der Waals surface area contributed by atoms with E-state index in [1.54, 1.807) is 31.2 Å². The van der Waals surface area contributed by atoms with Crippen LogP contribution in [-0.2, 0) is 16.4 Å². The molecule has 6 heteroatoms. The predicted octanol–water partition coefficient (Wildman–Crippen LogP) is 2.95. The molecule has 2 aliphatic rings. The smallest absolute Gasteiger partial charge is 0.317 e. The molecule has 132 valence electrons. The van der Waals surface area contributed by atoms with E-state index >= 15 is 0 Å². The molecule has 1 aromatic carbocycles. The zero-order valence-corrected chi connectivity index (χ0v) is 15.0. The van der Waals surface area contributed by atoms with Gasteiger partial charge in [-0.05, 0) is 49.3 Å². The lowest BCUT2D eigenvalue weighted by Gasteiger charge is -2.37. The summed E-state index contributed by atoms with van der Waals surface area (Å²) in [5.74, 6) is 0.789. The summed E-state index contributed by atoms with van der Waals surface area (Å²) in [6.45, 7) is 2.91. The number of hydrogen-bond acceptors (Lipinski definition) is 3. The number of amides is 2. The van der Waals surface area contributed by atoms with Gasteiger partial charge < -0.3 is 10.2 Å². The second kappa shape index (κ2) is 7.13. The first kappa shape index (κ1) is 17.3. The van der Waals surface area contributed by atoms with Gasteiger partial charge in [-0.1, -0.05) is 25.5 Å². The summed E-state index contributed by atoms with van der Waals surface area (Å²) in [5.41, 5.74) is 0.915. The SMILES string of the molecule is CCS(=O)(=O)c1ccc(CNC(=O)N2CCCC2C2CCC2)cc1. The molecule has 1 atom stereocenters. The molecule has 1 heterocycles. The van der Waals surface area contributed by atoms with Gasteiger partial charge in [-0.3, -0.25) is 0 Å². The van der Waals surface area contributed by atoms with Crippen molar-refractivity contribution in [1.82, 2.24) is 10.2 Å². The van der Waals surface area contributed by atoms with Gasteiger partial charge >= 0.3 is 6.03 Å². The third-order valence-electron chi connectivity index (χ3n) is 5.36. The molecule has 24 heavy (non-hydrogen) atoms. The van der Waals surface area contributed by atoms with Crippen molar-refractivity contribution in [2.24, 2.45) is 5.92 Å². The van der Waals surface area contributed by atoms with Crippen LogP contribution in [0.15, 0.2) is 29.2 Å². The summed E-state index contributed by atoms with van der Waals surface area (Å²) < 4.78 is 23.6. The molecule has 0 spiro atoms. The Bertz CT molecular complexity index is 681. The Balaban J connectivity index is 1.56. The molecule has 1 aliphatic heterocycles. The maximum absolute atomic E-state index is 12.5. The van der Waals surface area contributed by atoms with Crippen LogP contribution in [0.25, 0.3) is 0 Å². The van der Waals surface area contributed by atoms with Gasteiger partial charge in [0.05, 0.1) is 10.6 Å². The molecular weight excluding hydrogens is 324 g/mol. The van der Waals surface area contributed by atoms with Crippen LogP contribution < -0.4 is 5.32 Å². The molecule has 5 nitrogen and oxygen atoms in total. The number of nitrogens with one attached hydrogen (secondary N) is 1. The third kappa shape index (κ3) is 3.58. The van der Waals surface area contributed by atoms with Crippen LogP contribution in [0.1, 0.15) is 44.6 Å². The number of carbonyl (C=O) groups is 1. The first-order chi connectivity index (χ1) is 11.5. The summed E-state index contributed by atoms with van der Waals surface area (Å²) in [6, 6.07) is 7.21. The molecule has 1 aromatic rings. The molecule has 2 fully saturated rings. The molecular formula is C18H26N2O3S. The number of carbonyl (C=O) groups excluding carboxylic acids is 1. The summed E-state index contributed by atoms with van der Waals surface area (Å²) in [4.78, 5) is 14.8. The minimum absolute atomic E-state index is 0.00894. The second-order valence-corrected chi connectivity index (χ2v) is 9.08. The molecule has 0 bridgehead atoms. The Morgan fingerprint density at radius 1 is 1.17 bits per heavy atom. The van der Waals surface area contributed by atoms with Gasteiger partial charge in [0.2, 0.25) is 0 Å². The Morgan fingerprint density at radius 3 is 2.46 bits per heavy atom. The fourth-order valence-electron chi connectivity index (χ4n) is 3.62. The van der Waals surface area contributed by atoms with Gasteiger partial charge in [0.15, 0.2) is 9.84 Å². The Kier molecular flexibility index (Phi) is 5.13. The molecule has 3 rings (SSSR count). The van der Waals surface area contributed by atoms with Crippen LogP contribution in [0.5, 0.6) is 0 Å². The zero-order chi connectivity index (χ0) is 17.2. The molecule has 0 aromatic heterocycles. The summed E-state index contributed by atoms with van der Waals surface area (Å²) in [6.07, 6.45) is 6.02. The summed E-state index contributed by atoms with van der Waals surface area (Å²) >= 11 is 0. The maximum Gasteiger partial charge on any atom is 0.317 e. The Hall–Kier alpha value is -1.56. The van der Waals surface area contributed by atoms with Gasteiger partial charge in [0.1, 0.15) is 0 Å². The topological polar surface area (TPSA) is 66.5 Å². The molecule has 1 unspecified atom stereocenters. The van der Waals surface area contributed by atoms with E-state index in [4.69, 9.17) is 0 Å². The minimum atomic E-state index is -3.17. The number of likely N-dealkylation sites (tertiary alicyclic amines) is 1. The fourth-order valence-corrected chi connectivity index (χ4v) is 4.50. The third-order valence-corrected chi connectivity index (χ3v) is 7.11. The quantitative estimate of drug-likeness (QED) is 0.888. The first-order valence-corrected chi connectivity index (χ1v) is 10.5. The predicted molar refractivity (Wildman–Crippen MR) is 93.5 cm³/mol. The first-order valence-electron chi connectivity index (χ1n) is 8.87. The van der Waals surface area contributed by atoms with Crippen molar-refractivity contribution in [1.29, 1.82) is 0 Å². The van der Waals surface area contributed by atoms with Crippen molar-refractivity contribution >= 4 is 15.9 Å². The molecule has 0 radical (unpaired) electrons. The van der Waals surface area contributed by atoms with Crippen molar-refractivity contribution < 1.29 is 13.2 Å². The van der Waals surface area contributed by atoms with Crippen molar-refractivity contribution in [2.75, 3.05) is 12.3 Å². The lowest BCUT2D eigenvalue weighted by molar-refractivity contribution is 0.139. The molecule has 1 aliphatic carbocycles. The fraction of sp³-hybridized carbons (Fsp3) is 0.611. The van der Waals surface area contributed by atoms with E-state index in [9.17, 15) is 13.2 Å². The molecule has 1 N–H and O–H groups in total. The van der Waals surface area contributed by atoms with Gasteiger partial charge in [-0.25, -0.2) is 13.2 Å². The van der Waals surface area contributed by atoms with Crippen molar-refractivity contribution in [3.8, 4) is 0 Å². The molecule has 1 saturated carbocycles. The van der Waals surface area contributed by atoms with E-state index in [0.29, 0.717) is 23.4 Å². The molecule has 1 saturated heterocycles. The Labute approximate surface area is 144 Å². The van der Waals surface area contributed by atoms with Crippen LogP contribution in [0.2, 0.25) is 0 Å². The highest BCUT2D eigenvalue weighted by Gasteiger charge is 2.37. The normalized spacial score (nSPS) is 21.5. The molecule has 2 amide bonds. The number of nitrogens with zero attached hydrogens (tertiary/aromatic N) is 1. The number of sulfone groups is 1. The van der Waals surface area contributed by atoms with Gasteiger partial charge in [0, 0.05) is 19.1 Å². The zero-order valence-electron chi connectivity index (χ0n) is 14.2. The van der Waals surface area contributed by atoms with Crippen molar-refractivity contribution in [3.63, 3.8) is 0 Å². The van der Waals surface area contributed by atoms with Gasteiger partial charge in [-0.2, -0.15) is 0 Å². The van der Waals surface area contributed by atoms with Crippen LogP contribution in [0, 0.1) is 5.92 Å². The van der Waals surface area contributed by atoms with E-state index in [1.165, 1.54) is 19.3 Å². The van der Waals surface area contributed by atoms with Crippen LogP contribution in [0.3, 0.4) is 0 Å². The van der Waals surface area contributed by atoms with Crippen LogP contribution in [0.4, 0.5) is 4.79 Å². The van der Waals surface area contributed by atoms with Gasteiger partial charge in [-0.15, -0.1) is 0 Å². The number of rotatable bonds is 5. The maximum atomic E-state index is 12.5. The summed E-state index contributed by atoms with van der Waals surface area (Å²) in [5, 5.41) is 2.98. The van der Waals surface area contributed by atoms with Crippen molar-refractivity contribution in [3.05, 3.63) is 29.8 Å². The lowest BCUT2D eigenvalue weighted by atomic mass is 9.79. The number of urea groups is 1. The average molecular weight is 350 g/mol. The highest BCUT2D eigenvalue weighted by atomic mass is 32.2. The summed E-state index contributed by atoms with van der Waals surface area (Å²) in [7, 11) is -3.17. The monoisotopic (exact) mass is 350 g/mol. The number of hydrogen-bond donors (Lipinski definition) is 1. The number of benzene rings is 1. The standard InChI is InChI=1S/C18H26N2O3S/c1-2-24(22,23)16-10-8-14(9-11-16)13-19-18(21)20-12-4-7-17(20)15-5-3-6-15/h8-11,15,17H,2-7,12-13H2,1H3,(H,19,21). The average Bonchev–Trinajstić information content (AvgIpc) is 3.00. The highest BCUT2D eigenvalue weighted by molar-refractivity contribution is 7.91. The largest absolute Gasteiger partial charge is 0.334 e. The second-order valence-electron chi connectivity index (χ2n) is 6.80. The van der Waals surface area contributed by atoms with E-state index in [0.717, 1.165) is 24.9 Å². The van der Waals surface area contributed by atoms with E-state index in [2.05, 4.69) is 5.32 Å². The highest BCUT2D eigenvalue weighted by Crippen LogP contribution is 2.37. The van der Waals surface area contributed by atoms with E-state index in [1.807, 2.05) is 4.90 Å². The van der Waals surface area contributed by atoms with E-state index in [-0.39, 0.29) is 11.8 Å². The van der Waals surface area contributed by atoms with Crippen LogP contribution in [-0.4, -0.2) is 37.7 Å².